The number of hydrogen-bond donors (Lipinski definition) is 0. The van der Waals surface area contributed by atoms with Gasteiger partial charge in [0.05, 0.1) is 11.1 Å². The lowest BCUT2D eigenvalue weighted by atomic mass is 9.93. The molecule has 9 rings (SSSR count). The lowest BCUT2D eigenvalue weighted by Gasteiger charge is -2.27. The topological polar surface area (TPSA) is 16.4 Å². The summed E-state index contributed by atoms with van der Waals surface area (Å²) in [7, 11) is 0. The molecule has 0 atom stereocenters. The van der Waals surface area contributed by atoms with E-state index in [0.717, 1.165) is 39.0 Å². The van der Waals surface area contributed by atoms with Crippen molar-refractivity contribution in [2.45, 2.75) is 6.92 Å². The van der Waals surface area contributed by atoms with Crippen molar-refractivity contribution in [3.63, 3.8) is 0 Å². The Morgan fingerprint density at radius 3 is 1.83 bits per heavy atom. The average Bonchev–Trinajstić information content (AvgIpc) is 3.51. The molecule has 222 valence electrons. The van der Waals surface area contributed by atoms with Crippen LogP contribution in [-0.2, 0) is 0 Å². The van der Waals surface area contributed by atoms with Crippen molar-refractivity contribution in [1.29, 1.82) is 0 Å². The van der Waals surface area contributed by atoms with Gasteiger partial charge in [0, 0.05) is 16.8 Å². The number of aryl methyl sites for hydroxylation is 1. The molecular weight excluding hydrogens is 571 g/mol. The van der Waals surface area contributed by atoms with Crippen LogP contribution in [0.3, 0.4) is 0 Å². The van der Waals surface area contributed by atoms with E-state index < -0.39 is 0 Å². The number of hydrogen-bond acceptors (Lipinski definition) is 2. The van der Waals surface area contributed by atoms with E-state index in [4.69, 9.17) is 4.42 Å². The van der Waals surface area contributed by atoms with Crippen molar-refractivity contribution in [3.05, 3.63) is 175 Å². The molecule has 1 aromatic heterocycles. The Balaban J connectivity index is 1.22. The molecule has 9 aromatic rings. The van der Waals surface area contributed by atoms with Gasteiger partial charge in [0.1, 0.15) is 11.2 Å². The molecule has 0 unspecified atom stereocenters. The van der Waals surface area contributed by atoms with E-state index in [0.29, 0.717) is 0 Å². The van der Waals surface area contributed by atoms with Crippen LogP contribution in [0.25, 0.3) is 65.7 Å². The van der Waals surface area contributed by atoms with Crippen molar-refractivity contribution in [3.8, 4) is 22.3 Å². The molecule has 47 heavy (non-hydrogen) atoms. The minimum absolute atomic E-state index is 0.883. The highest BCUT2D eigenvalue weighted by Gasteiger charge is 2.20. The molecule has 0 aliphatic carbocycles. The summed E-state index contributed by atoms with van der Waals surface area (Å²) in [5.41, 5.74) is 11.1. The standard InChI is InChI=1S/C45H31NO/c1-30-18-27-43-41(28-30)45-42(16-9-17-44(45)47-43)46(35-23-19-32(20-24-35)31-10-3-2-4-11-31)36-25-21-33(22-26-36)40-29-34-12-5-6-13-37(34)38-14-7-8-15-39(38)40/h2-29H,1H3. The number of fused-ring (bicyclic) bond motifs is 6. The first-order valence-corrected chi connectivity index (χ1v) is 16.1. The van der Waals surface area contributed by atoms with Crippen molar-refractivity contribution in [2.24, 2.45) is 0 Å². The summed E-state index contributed by atoms with van der Waals surface area (Å²) in [4.78, 5) is 2.36. The Labute approximate surface area is 273 Å². The highest BCUT2D eigenvalue weighted by Crippen LogP contribution is 2.44. The molecule has 0 spiro atoms. The molecule has 0 N–H and O–H groups in total. The van der Waals surface area contributed by atoms with Gasteiger partial charge in [-0.15, -0.1) is 0 Å². The number of rotatable bonds is 5. The molecule has 1 heterocycles. The van der Waals surface area contributed by atoms with Gasteiger partial charge in [-0.2, -0.15) is 0 Å². The Hall–Kier alpha value is -6.12. The molecule has 0 radical (unpaired) electrons. The fraction of sp³-hybridized carbons (Fsp3) is 0.0222. The fourth-order valence-corrected chi connectivity index (χ4v) is 7.05. The van der Waals surface area contributed by atoms with Gasteiger partial charge in [-0.1, -0.05) is 121 Å². The van der Waals surface area contributed by atoms with Gasteiger partial charge in [0.25, 0.3) is 0 Å². The Bertz CT molecular complexity index is 2560. The summed E-state index contributed by atoms with van der Waals surface area (Å²) in [6.07, 6.45) is 0. The quantitative estimate of drug-likeness (QED) is 0.182. The molecule has 0 amide bonds. The first-order valence-electron chi connectivity index (χ1n) is 16.1. The summed E-state index contributed by atoms with van der Waals surface area (Å²) in [5, 5.41) is 7.31. The SMILES string of the molecule is Cc1ccc2oc3cccc(N(c4ccc(-c5ccccc5)cc4)c4ccc(-c5cc6ccccc6c6ccccc56)cc4)c3c2c1. The molecule has 0 aliphatic rings. The van der Waals surface area contributed by atoms with Crippen LogP contribution in [-0.4, -0.2) is 0 Å². The van der Waals surface area contributed by atoms with E-state index in [2.05, 4.69) is 182 Å². The molecule has 0 fully saturated rings. The van der Waals surface area contributed by atoms with E-state index in [1.807, 2.05) is 0 Å². The molecule has 8 aromatic carbocycles. The summed E-state index contributed by atoms with van der Waals surface area (Å²) in [5.74, 6) is 0. The monoisotopic (exact) mass is 601 g/mol. The van der Waals surface area contributed by atoms with E-state index in [-0.39, 0.29) is 0 Å². The number of benzene rings is 8. The third kappa shape index (κ3) is 4.65. The summed E-state index contributed by atoms with van der Waals surface area (Å²) in [6, 6.07) is 60.9. The first kappa shape index (κ1) is 27.2. The van der Waals surface area contributed by atoms with Crippen LogP contribution < -0.4 is 4.90 Å². The van der Waals surface area contributed by atoms with Gasteiger partial charge < -0.3 is 9.32 Å². The van der Waals surface area contributed by atoms with Crippen molar-refractivity contribution in [1.82, 2.24) is 0 Å². The van der Waals surface area contributed by atoms with Gasteiger partial charge in [0.15, 0.2) is 0 Å². The second kappa shape index (κ2) is 11.0. The Kier molecular flexibility index (Phi) is 6.39. The van der Waals surface area contributed by atoms with Crippen molar-refractivity contribution < 1.29 is 4.42 Å². The maximum Gasteiger partial charge on any atom is 0.137 e. The first-order chi connectivity index (χ1) is 23.2. The van der Waals surface area contributed by atoms with E-state index in [1.165, 1.54) is 49.4 Å². The summed E-state index contributed by atoms with van der Waals surface area (Å²) in [6.45, 7) is 2.14. The highest BCUT2D eigenvalue weighted by atomic mass is 16.3. The fourth-order valence-electron chi connectivity index (χ4n) is 7.05. The molecule has 0 bridgehead atoms. The van der Waals surface area contributed by atoms with Crippen molar-refractivity contribution in [2.75, 3.05) is 4.90 Å². The van der Waals surface area contributed by atoms with Gasteiger partial charge in [-0.25, -0.2) is 0 Å². The third-order valence-electron chi connectivity index (χ3n) is 9.31. The van der Waals surface area contributed by atoms with Crippen LogP contribution in [0.15, 0.2) is 174 Å². The van der Waals surface area contributed by atoms with Gasteiger partial charge in [-0.05, 0) is 105 Å². The van der Waals surface area contributed by atoms with Gasteiger partial charge >= 0.3 is 0 Å². The van der Waals surface area contributed by atoms with E-state index in [1.54, 1.807) is 0 Å². The maximum absolute atomic E-state index is 6.37. The Morgan fingerprint density at radius 1 is 0.426 bits per heavy atom. The van der Waals surface area contributed by atoms with Crippen LogP contribution in [0, 0.1) is 6.92 Å². The van der Waals surface area contributed by atoms with Crippen LogP contribution in [0.1, 0.15) is 5.56 Å². The minimum Gasteiger partial charge on any atom is -0.456 e. The Morgan fingerprint density at radius 2 is 1.06 bits per heavy atom. The van der Waals surface area contributed by atoms with Gasteiger partial charge in [0.2, 0.25) is 0 Å². The molecule has 0 saturated heterocycles. The molecule has 2 nitrogen and oxygen atoms in total. The number of furan rings is 1. The van der Waals surface area contributed by atoms with E-state index >= 15 is 0 Å². The number of nitrogens with zero attached hydrogens (tertiary/aromatic N) is 1. The lowest BCUT2D eigenvalue weighted by molar-refractivity contribution is 0.669. The average molecular weight is 602 g/mol. The molecular formula is C45H31NO. The summed E-state index contributed by atoms with van der Waals surface area (Å²) >= 11 is 0. The zero-order valence-corrected chi connectivity index (χ0v) is 26.0. The van der Waals surface area contributed by atoms with Crippen LogP contribution in [0.4, 0.5) is 17.1 Å². The lowest BCUT2D eigenvalue weighted by Crippen LogP contribution is -2.10. The van der Waals surface area contributed by atoms with Crippen LogP contribution >= 0.6 is 0 Å². The van der Waals surface area contributed by atoms with Crippen LogP contribution in [0.5, 0.6) is 0 Å². The number of anilines is 3. The van der Waals surface area contributed by atoms with Crippen molar-refractivity contribution >= 4 is 60.5 Å². The summed E-state index contributed by atoms with van der Waals surface area (Å²) < 4.78 is 6.37. The second-order valence-corrected chi connectivity index (χ2v) is 12.2. The maximum atomic E-state index is 6.37. The third-order valence-corrected chi connectivity index (χ3v) is 9.31. The zero-order chi connectivity index (χ0) is 31.3. The molecule has 0 aliphatic heterocycles. The smallest absolute Gasteiger partial charge is 0.137 e. The predicted molar refractivity (Wildman–Crippen MR) is 199 cm³/mol. The largest absolute Gasteiger partial charge is 0.456 e. The highest BCUT2D eigenvalue weighted by molar-refractivity contribution is 6.15. The predicted octanol–water partition coefficient (Wildman–Crippen LogP) is 13.0. The zero-order valence-electron chi connectivity index (χ0n) is 26.0. The molecule has 0 saturated carbocycles. The van der Waals surface area contributed by atoms with Gasteiger partial charge in [-0.3, -0.25) is 0 Å². The second-order valence-electron chi connectivity index (χ2n) is 12.2. The minimum atomic E-state index is 0.883. The molecule has 2 heteroatoms. The van der Waals surface area contributed by atoms with E-state index in [9.17, 15) is 0 Å². The normalized spacial score (nSPS) is 11.5. The van der Waals surface area contributed by atoms with Crippen LogP contribution in [0.2, 0.25) is 0 Å².